The lowest BCUT2D eigenvalue weighted by atomic mass is 10.7. The second kappa shape index (κ2) is 3.42. The molecule has 1 aromatic rings. The van der Waals surface area contributed by atoms with Crippen molar-refractivity contribution in [3.05, 3.63) is 11.8 Å². The van der Waals surface area contributed by atoms with Crippen LogP contribution in [0.3, 0.4) is 0 Å². The van der Waals surface area contributed by atoms with Crippen molar-refractivity contribution in [2.45, 2.75) is 13.5 Å². The molecule has 52 valence electrons. The Balaban J connectivity index is 0.000000640. The van der Waals surface area contributed by atoms with Crippen LogP contribution in [0.25, 0.3) is 0 Å². The van der Waals surface area contributed by atoms with Crippen LogP contribution in [0.15, 0.2) is 4.42 Å². The maximum Gasteiger partial charge on any atom is 0.230 e. The fourth-order valence-corrected chi connectivity index (χ4v) is 0.420. The lowest BCUT2D eigenvalue weighted by Crippen LogP contribution is -1.95. The van der Waals surface area contributed by atoms with Gasteiger partial charge in [-0.2, -0.15) is 0 Å². The van der Waals surface area contributed by atoms with Crippen LogP contribution in [0.1, 0.15) is 11.8 Å². The Labute approximate surface area is 58.9 Å². The molecule has 0 atom stereocenters. The van der Waals surface area contributed by atoms with E-state index in [1.807, 2.05) is 0 Å². The third-order valence-electron chi connectivity index (χ3n) is 0.742. The van der Waals surface area contributed by atoms with Crippen LogP contribution >= 0.6 is 12.4 Å². The summed E-state index contributed by atoms with van der Waals surface area (Å²) in [6.45, 7) is 2.05. The minimum atomic E-state index is 0. The number of hydrogen-bond acceptors (Lipinski definition) is 4. The van der Waals surface area contributed by atoms with Gasteiger partial charge in [-0.3, -0.25) is 0 Å². The monoisotopic (exact) mass is 149 g/mol. The summed E-state index contributed by atoms with van der Waals surface area (Å²) in [5.41, 5.74) is 5.17. The van der Waals surface area contributed by atoms with Gasteiger partial charge in [0.15, 0.2) is 0 Å². The SMILES string of the molecule is Cc1nnc(CN)o1.Cl. The molecule has 1 aromatic heterocycles. The number of aromatic nitrogens is 2. The maximum absolute atomic E-state index is 5.17. The molecule has 9 heavy (non-hydrogen) atoms. The van der Waals surface area contributed by atoms with E-state index in [9.17, 15) is 0 Å². The van der Waals surface area contributed by atoms with E-state index in [-0.39, 0.29) is 12.4 Å². The molecule has 0 aliphatic heterocycles. The van der Waals surface area contributed by atoms with Crippen LogP contribution in [0.2, 0.25) is 0 Å². The molecule has 0 aliphatic rings. The molecule has 0 bridgehead atoms. The molecule has 4 nitrogen and oxygen atoms in total. The predicted octanol–water partition coefficient (Wildman–Crippen LogP) is 0.259. The van der Waals surface area contributed by atoms with Gasteiger partial charge < -0.3 is 10.2 Å². The van der Waals surface area contributed by atoms with Gasteiger partial charge in [-0.25, -0.2) is 0 Å². The number of halogens is 1. The fourth-order valence-electron chi connectivity index (χ4n) is 0.420. The number of nitrogens with two attached hydrogens (primary N) is 1. The van der Waals surface area contributed by atoms with Gasteiger partial charge in [-0.1, -0.05) is 0 Å². The summed E-state index contributed by atoms with van der Waals surface area (Å²) in [5, 5.41) is 7.18. The predicted molar refractivity (Wildman–Crippen MR) is 34.2 cm³/mol. The Kier molecular flexibility index (Phi) is 3.19. The van der Waals surface area contributed by atoms with E-state index < -0.39 is 0 Å². The van der Waals surface area contributed by atoms with Gasteiger partial charge in [0.1, 0.15) is 0 Å². The first kappa shape index (κ1) is 8.39. The Morgan fingerprint density at radius 3 is 2.44 bits per heavy atom. The third-order valence-corrected chi connectivity index (χ3v) is 0.742. The highest BCUT2D eigenvalue weighted by atomic mass is 35.5. The first-order chi connectivity index (χ1) is 3.83. The van der Waals surface area contributed by atoms with Gasteiger partial charge in [0.2, 0.25) is 11.8 Å². The molecule has 0 aliphatic carbocycles. The smallest absolute Gasteiger partial charge is 0.230 e. The molecule has 0 amide bonds. The molecule has 0 spiro atoms. The Morgan fingerprint density at radius 1 is 1.56 bits per heavy atom. The second-order valence-corrected chi connectivity index (χ2v) is 1.42. The van der Waals surface area contributed by atoms with Gasteiger partial charge in [-0.05, 0) is 0 Å². The Bertz CT molecular complexity index is 176. The summed E-state index contributed by atoms with van der Waals surface area (Å²) in [4.78, 5) is 0. The molecule has 5 heteroatoms. The van der Waals surface area contributed by atoms with E-state index in [2.05, 4.69) is 10.2 Å². The van der Waals surface area contributed by atoms with Crippen molar-refractivity contribution in [2.24, 2.45) is 5.73 Å². The van der Waals surface area contributed by atoms with E-state index >= 15 is 0 Å². The van der Waals surface area contributed by atoms with Crippen molar-refractivity contribution in [2.75, 3.05) is 0 Å². The van der Waals surface area contributed by atoms with E-state index in [0.717, 1.165) is 0 Å². The maximum atomic E-state index is 5.17. The zero-order chi connectivity index (χ0) is 5.98. The molecule has 0 fully saturated rings. The van der Waals surface area contributed by atoms with Crippen LogP contribution in [-0.2, 0) is 6.54 Å². The van der Waals surface area contributed by atoms with Gasteiger partial charge in [-0.15, -0.1) is 22.6 Å². The van der Waals surface area contributed by atoms with Crippen LogP contribution in [0.5, 0.6) is 0 Å². The summed E-state index contributed by atoms with van der Waals surface area (Å²) in [7, 11) is 0. The van der Waals surface area contributed by atoms with E-state index in [1.165, 1.54) is 0 Å². The third kappa shape index (κ3) is 1.99. The zero-order valence-electron chi connectivity index (χ0n) is 5.00. The summed E-state index contributed by atoms with van der Waals surface area (Å²) >= 11 is 0. The molecule has 0 aromatic carbocycles. The molecule has 1 heterocycles. The van der Waals surface area contributed by atoms with Gasteiger partial charge >= 0.3 is 0 Å². The van der Waals surface area contributed by atoms with Crippen molar-refractivity contribution in [3.8, 4) is 0 Å². The molecular formula is C4H8ClN3O. The van der Waals surface area contributed by atoms with E-state index in [1.54, 1.807) is 6.92 Å². The zero-order valence-corrected chi connectivity index (χ0v) is 5.81. The van der Waals surface area contributed by atoms with Gasteiger partial charge in [0.05, 0.1) is 6.54 Å². The van der Waals surface area contributed by atoms with Crippen molar-refractivity contribution < 1.29 is 4.42 Å². The number of aryl methyl sites for hydroxylation is 1. The summed E-state index contributed by atoms with van der Waals surface area (Å²) in [6.07, 6.45) is 0. The highest BCUT2D eigenvalue weighted by Crippen LogP contribution is 1.93. The van der Waals surface area contributed by atoms with Crippen molar-refractivity contribution in [1.29, 1.82) is 0 Å². The average molecular weight is 150 g/mol. The summed E-state index contributed by atoms with van der Waals surface area (Å²) in [5.74, 6) is 1.05. The quantitative estimate of drug-likeness (QED) is 0.622. The highest BCUT2D eigenvalue weighted by molar-refractivity contribution is 5.85. The molecule has 1 rings (SSSR count). The van der Waals surface area contributed by atoms with Gasteiger partial charge in [0, 0.05) is 6.92 Å². The lowest BCUT2D eigenvalue weighted by molar-refractivity contribution is 0.470. The van der Waals surface area contributed by atoms with Crippen LogP contribution < -0.4 is 5.73 Å². The number of rotatable bonds is 1. The molecule has 0 radical (unpaired) electrons. The largest absolute Gasteiger partial charge is 0.424 e. The Hall–Kier alpha value is -0.610. The van der Waals surface area contributed by atoms with E-state index in [0.29, 0.717) is 18.3 Å². The minimum absolute atomic E-state index is 0. The first-order valence-corrected chi connectivity index (χ1v) is 2.32. The molecule has 0 unspecified atom stereocenters. The Morgan fingerprint density at radius 2 is 2.22 bits per heavy atom. The fraction of sp³-hybridized carbons (Fsp3) is 0.500. The van der Waals surface area contributed by atoms with Crippen molar-refractivity contribution in [3.63, 3.8) is 0 Å². The molecular weight excluding hydrogens is 142 g/mol. The van der Waals surface area contributed by atoms with Crippen molar-refractivity contribution >= 4 is 12.4 Å². The molecule has 0 saturated carbocycles. The van der Waals surface area contributed by atoms with Crippen molar-refractivity contribution in [1.82, 2.24) is 10.2 Å². The van der Waals surface area contributed by atoms with E-state index in [4.69, 9.17) is 10.2 Å². The first-order valence-electron chi connectivity index (χ1n) is 2.32. The standard InChI is InChI=1S/C4H7N3O.ClH/c1-3-6-7-4(2-5)8-3;/h2,5H2,1H3;1H. The molecule has 2 N–H and O–H groups in total. The minimum Gasteiger partial charge on any atom is -0.424 e. The number of nitrogens with zero attached hydrogens (tertiary/aromatic N) is 2. The second-order valence-electron chi connectivity index (χ2n) is 1.42. The van der Waals surface area contributed by atoms with Crippen LogP contribution in [0.4, 0.5) is 0 Å². The normalized spacial score (nSPS) is 8.67. The van der Waals surface area contributed by atoms with Crippen LogP contribution in [-0.4, -0.2) is 10.2 Å². The van der Waals surface area contributed by atoms with Gasteiger partial charge in [0.25, 0.3) is 0 Å². The highest BCUT2D eigenvalue weighted by Gasteiger charge is 1.95. The average Bonchev–Trinajstić information content (AvgIpc) is 2.14. The lowest BCUT2D eigenvalue weighted by Gasteiger charge is -1.78. The van der Waals surface area contributed by atoms with Crippen LogP contribution in [0, 0.1) is 6.92 Å². The number of hydrogen-bond donors (Lipinski definition) is 1. The summed E-state index contributed by atoms with van der Waals surface area (Å²) in [6, 6.07) is 0. The summed E-state index contributed by atoms with van der Waals surface area (Å²) < 4.78 is 4.89. The molecule has 0 saturated heterocycles. The topological polar surface area (TPSA) is 64.9 Å².